The van der Waals surface area contributed by atoms with Crippen LogP contribution in [0.3, 0.4) is 0 Å². The van der Waals surface area contributed by atoms with Crippen molar-refractivity contribution in [1.29, 1.82) is 0 Å². The number of carbonyl (C=O) groups is 1. The molecule has 0 heterocycles. The Bertz CT molecular complexity index is 210. The molecule has 0 saturated carbocycles. The molecule has 0 spiro atoms. The average molecular weight is 171 g/mol. The first-order chi connectivity index (χ1) is 4.86. The molecule has 0 saturated heterocycles. The van der Waals surface area contributed by atoms with Crippen LogP contribution in [0.15, 0.2) is 0 Å². The van der Waals surface area contributed by atoms with E-state index in [0.717, 1.165) is 0 Å². The van der Waals surface area contributed by atoms with Crippen molar-refractivity contribution < 1.29 is 4.79 Å². The van der Waals surface area contributed by atoms with Crippen LogP contribution < -0.4 is 5.73 Å². The van der Waals surface area contributed by atoms with Crippen LogP contribution >= 0.6 is 12.6 Å². The minimum absolute atomic E-state index is 0.225. The van der Waals surface area contributed by atoms with Gasteiger partial charge < -0.3 is 5.73 Å². The van der Waals surface area contributed by atoms with E-state index in [4.69, 9.17) is 5.73 Å². The lowest BCUT2D eigenvalue weighted by molar-refractivity contribution is -0.106. The molecule has 1 atom stereocenters. The highest BCUT2D eigenvalue weighted by atomic mass is 32.1. The highest BCUT2D eigenvalue weighted by Crippen LogP contribution is 2.10. The van der Waals surface area contributed by atoms with Crippen LogP contribution in [0.25, 0.3) is 0 Å². The Balaban J connectivity index is 4.38. The highest BCUT2D eigenvalue weighted by molar-refractivity contribution is 7.97. The maximum Gasteiger partial charge on any atom is 0.259 e. The maximum atomic E-state index is 10.3. The Morgan fingerprint density at radius 1 is 1.64 bits per heavy atom. The lowest BCUT2D eigenvalue weighted by Crippen LogP contribution is -2.40. The number of hydrogen-bond acceptors (Lipinski definition) is 2. The van der Waals surface area contributed by atoms with E-state index in [1.54, 1.807) is 6.92 Å². The fourth-order valence-electron chi connectivity index (χ4n) is 0.332. The van der Waals surface area contributed by atoms with Crippen molar-refractivity contribution in [3.05, 3.63) is 0 Å². The first-order valence-corrected chi connectivity index (χ1v) is 3.86. The Morgan fingerprint density at radius 3 is 2.36 bits per heavy atom. The molecule has 0 rings (SSSR count). The van der Waals surface area contributed by atoms with E-state index < -0.39 is 10.7 Å². The van der Waals surface area contributed by atoms with Gasteiger partial charge in [-0.25, -0.2) is 0 Å². The Hall–Kier alpha value is -0.460. The molecule has 0 amide bonds. The SMILES string of the molecule is CC(C)C(C)(N)C#CC(=O)S. The number of hydrogen-bond donors (Lipinski definition) is 2. The number of carbonyl (C=O) groups excluding carboxylic acids is 1. The minimum Gasteiger partial charge on any atom is -0.315 e. The molecule has 62 valence electrons. The summed E-state index contributed by atoms with van der Waals surface area (Å²) < 4.78 is 0. The van der Waals surface area contributed by atoms with Crippen molar-refractivity contribution >= 4 is 17.7 Å². The highest BCUT2D eigenvalue weighted by Gasteiger charge is 2.19. The van der Waals surface area contributed by atoms with Crippen LogP contribution in [0.4, 0.5) is 0 Å². The molecule has 0 aliphatic carbocycles. The molecule has 0 aliphatic rings. The molecule has 3 heteroatoms. The van der Waals surface area contributed by atoms with Crippen LogP contribution in [-0.2, 0) is 4.79 Å². The summed E-state index contributed by atoms with van der Waals surface area (Å²) in [7, 11) is 0. The number of nitrogens with two attached hydrogens (primary N) is 1. The van der Waals surface area contributed by atoms with Crippen LogP contribution in [0.5, 0.6) is 0 Å². The summed E-state index contributed by atoms with van der Waals surface area (Å²) in [6, 6.07) is 0. The van der Waals surface area contributed by atoms with E-state index in [9.17, 15) is 4.79 Å². The third-order valence-electron chi connectivity index (χ3n) is 1.64. The number of thiol groups is 1. The van der Waals surface area contributed by atoms with Gasteiger partial charge in [0.15, 0.2) is 0 Å². The molecule has 2 nitrogen and oxygen atoms in total. The van der Waals surface area contributed by atoms with Gasteiger partial charge in [-0.1, -0.05) is 32.4 Å². The van der Waals surface area contributed by atoms with E-state index in [-0.39, 0.29) is 5.92 Å². The van der Waals surface area contributed by atoms with Crippen LogP contribution in [0.1, 0.15) is 20.8 Å². The van der Waals surface area contributed by atoms with E-state index in [1.165, 1.54) is 0 Å². The van der Waals surface area contributed by atoms with Gasteiger partial charge in [0, 0.05) is 0 Å². The first-order valence-electron chi connectivity index (χ1n) is 3.41. The topological polar surface area (TPSA) is 43.1 Å². The zero-order valence-electron chi connectivity index (χ0n) is 7.01. The third-order valence-corrected chi connectivity index (χ3v) is 1.75. The Kier molecular flexibility index (Phi) is 3.64. The van der Waals surface area contributed by atoms with Gasteiger partial charge in [0.2, 0.25) is 0 Å². The van der Waals surface area contributed by atoms with Gasteiger partial charge in [-0.3, -0.25) is 4.79 Å². The van der Waals surface area contributed by atoms with Crippen molar-refractivity contribution in [2.75, 3.05) is 0 Å². The predicted octanol–water partition coefficient (Wildman–Crippen LogP) is 0.820. The monoisotopic (exact) mass is 171 g/mol. The summed E-state index contributed by atoms with van der Waals surface area (Å²) in [4.78, 5) is 10.3. The van der Waals surface area contributed by atoms with Gasteiger partial charge in [-0.05, 0) is 18.8 Å². The molecule has 0 aliphatic heterocycles. The standard InChI is InChI=1S/C8H13NOS/c1-6(2)8(3,9)5-4-7(10)11/h6H,9H2,1-3H3,(H,10,11). The summed E-state index contributed by atoms with van der Waals surface area (Å²) in [6.07, 6.45) is 0. The van der Waals surface area contributed by atoms with E-state index in [2.05, 4.69) is 24.5 Å². The fraction of sp³-hybridized carbons (Fsp3) is 0.625. The molecule has 0 fully saturated rings. The zero-order valence-corrected chi connectivity index (χ0v) is 7.90. The molecule has 0 bridgehead atoms. The van der Waals surface area contributed by atoms with Gasteiger partial charge in [-0.2, -0.15) is 0 Å². The van der Waals surface area contributed by atoms with Crippen molar-refractivity contribution in [3.8, 4) is 11.8 Å². The smallest absolute Gasteiger partial charge is 0.259 e. The first kappa shape index (κ1) is 10.5. The van der Waals surface area contributed by atoms with Gasteiger partial charge in [0.25, 0.3) is 5.12 Å². The van der Waals surface area contributed by atoms with E-state index >= 15 is 0 Å². The molecule has 0 aromatic rings. The van der Waals surface area contributed by atoms with Gasteiger partial charge >= 0.3 is 0 Å². The van der Waals surface area contributed by atoms with Gasteiger partial charge in [0.1, 0.15) is 0 Å². The summed E-state index contributed by atoms with van der Waals surface area (Å²) in [5, 5.41) is -0.442. The molecule has 0 radical (unpaired) electrons. The fourth-order valence-corrected chi connectivity index (χ4v) is 0.388. The van der Waals surface area contributed by atoms with Crippen molar-refractivity contribution in [2.45, 2.75) is 26.3 Å². The zero-order chi connectivity index (χ0) is 9.07. The molecular weight excluding hydrogens is 158 g/mol. The summed E-state index contributed by atoms with van der Waals surface area (Å²) in [5.74, 6) is 5.20. The van der Waals surface area contributed by atoms with Crippen LogP contribution in [0, 0.1) is 17.8 Å². The molecule has 1 unspecified atom stereocenters. The summed E-state index contributed by atoms with van der Waals surface area (Å²) >= 11 is 3.51. The second-order valence-electron chi connectivity index (χ2n) is 2.99. The quantitative estimate of drug-likeness (QED) is 0.453. The second-order valence-corrected chi connectivity index (χ2v) is 3.40. The average Bonchev–Trinajstić information content (AvgIpc) is 1.84. The van der Waals surface area contributed by atoms with Gasteiger partial charge in [0.05, 0.1) is 5.54 Å². The molecular formula is C8H13NOS. The minimum atomic E-state index is -0.599. The third kappa shape index (κ3) is 4.07. The summed E-state index contributed by atoms with van der Waals surface area (Å²) in [5.41, 5.74) is 5.15. The van der Waals surface area contributed by atoms with Crippen molar-refractivity contribution in [1.82, 2.24) is 0 Å². The molecule has 0 aromatic heterocycles. The predicted molar refractivity (Wildman–Crippen MR) is 49.2 cm³/mol. The Morgan fingerprint density at radius 2 is 2.09 bits per heavy atom. The number of rotatable bonds is 1. The second kappa shape index (κ2) is 3.80. The van der Waals surface area contributed by atoms with Crippen molar-refractivity contribution in [3.63, 3.8) is 0 Å². The van der Waals surface area contributed by atoms with E-state index in [1.807, 2.05) is 13.8 Å². The van der Waals surface area contributed by atoms with Crippen LogP contribution in [0.2, 0.25) is 0 Å². The molecule has 0 aromatic carbocycles. The molecule has 2 N–H and O–H groups in total. The van der Waals surface area contributed by atoms with Crippen molar-refractivity contribution in [2.24, 2.45) is 11.7 Å². The Labute approximate surface area is 72.9 Å². The van der Waals surface area contributed by atoms with Crippen LogP contribution in [-0.4, -0.2) is 10.7 Å². The molecule has 11 heavy (non-hydrogen) atoms. The lowest BCUT2D eigenvalue weighted by atomic mass is 9.90. The van der Waals surface area contributed by atoms with Gasteiger partial charge in [-0.15, -0.1) is 0 Å². The normalized spacial score (nSPS) is 15.1. The van der Waals surface area contributed by atoms with E-state index in [0.29, 0.717) is 0 Å². The summed E-state index contributed by atoms with van der Waals surface area (Å²) in [6.45, 7) is 5.71. The maximum absolute atomic E-state index is 10.3. The largest absolute Gasteiger partial charge is 0.315 e. The lowest BCUT2D eigenvalue weighted by Gasteiger charge is -2.21.